The van der Waals surface area contributed by atoms with Gasteiger partial charge in [-0.3, -0.25) is 19.8 Å². The van der Waals surface area contributed by atoms with Crippen molar-refractivity contribution in [1.82, 2.24) is 14.6 Å². The zero-order valence-corrected chi connectivity index (χ0v) is 17.7. The fraction of sp³-hybridized carbons (Fsp3) is 0.435. The number of unbranched alkanes of at least 4 members (excludes halogenated alkanes) is 1. The second-order valence-electron chi connectivity index (χ2n) is 8.37. The first kappa shape index (κ1) is 19.5. The highest BCUT2D eigenvalue weighted by molar-refractivity contribution is 7.13. The van der Waals surface area contributed by atoms with Crippen LogP contribution in [0.2, 0.25) is 0 Å². The van der Waals surface area contributed by atoms with Crippen LogP contribution in [-0.4, -0.2) is 53.8 Å². The van der Waals surface area contributed by atoms with Gasteiger partial charge in [-0.1, -0.05) is 42.9 Å². The molecule has 2 saturated heterocycles. The number of nitrogens with zero attached hydrogens (tertiary/aromatic N) is 3. The van der Waals surface area contributed by atoms with Crippen molar-refractivity contribution in [2.45, 2.75) is 19.3 Å². The van der Waals surface area contributed by atoms with E-state index in [0.717, 1.165) is 57.8 Å². The minimum absolute atomic E-state index is 0.137. The number of piperazine rings is 1. The molecule has 30 heavy (non-hydrogen) atoms. The van der Waals surface area contributed by atoms with Crippen LogP contribution in [0.25, 0.3) is 10.1 Å². The van der Waals surface area contributed by atoms with Crippen molar-refractivity contribution in [3.05, 3.63) is 48.6 Å². The van der Waals surface area contributed by atoms with E-state index in [9.17, 15) is 9.59 Å². The number of fused-ring (bicyclic) bond motifs is 2. The summed E-state index contributed by atoms with van der Waals surface area (Å²) in [5.74, 6) is 0.481. The van der Waals surface area contributed by atoms with Crippen LogP contribution in [0.3, 0.4) is 0 Å². The highest BCUT2D eigenvalue weighted by Gasteiger charge is 2.52. The lowest BCUT2D eigenvalue weighted by Crippen LogP contribution is -2.46. The molecule has 0 spiro atoms. The Morgan fingerprint density at radius 1 is 1.10 bits per heavy atom. The van der Waals surface area contributed by atoms with Crippen LogP contribution < -0.4 is 10.2 Å². The predicted octanol–water partition coefficient (Wildman–Crippen LogP) is 2.97. The third-order valence-corrected chi connectivity index (χ3v) is 7.47. The standard InChI is InChI=1S/C23H26N4O2S/c28-21-18-8-3-4-10-23(18,22(29)24-21)11-5-6-12-26-13-15-27(16-14-26)20-17-7-1-2-9-19(17)30-25-20/h1-4,7-10,18H,5-6,11-16H2,(H,24,28,29). The summed E-state index contributed by atoms with van der Waals surface area (Å²) in [7, 11) is 0. The van der Waals surface area contributed by atoms with Gasteiger partial charge in [0.2, 0.25) is 11.8 Å². The van der Waals surface area contributed by atoms with Crippen molar-refractivity contribution in [2.75, 3.05) is 37.6 Å². The van der Waals surface area contributed by atoms with E-state index in [0.29, 0.717) is 0 Å². The lowest BCUT2D eigenvalue weighted by atomic mass is 9.71. The predicted molar refractivity (Wildman–Crippen MR) is 119 cm³/mol. The van der Waals surface area contributed by atoms with Crippen molar-refractivity contribution in [3.8, 4) is 0 Å². The first-order chi connectivity index (χ1) is 14.7. The first-order valence-corrected chi connectivity index (χ1v) is 11.5. The number of hydrogen-bond donors (Lipinski definition) is 1. The molecule has 2 aromatic rings. The summed E-state index contributed by atoms with van der Waals surface area (Å²) >= 11 is 1.57. The molecule has 1 aromatic heterocycles. The molecule has 0 bridgehead atoms. The molecule has 7 heteroatoms. The van der Waals surface area contributed by atoms with Gasteiger partial charge in [-0.2, -0.15) is 4.37 Å². The van der Waals surface area contributed by atoms with E-state index >= 15 is 0 Å². The number of imide groups is 1. The molecule has 2 unspecified atom stereocenters. The van der Waals surface area contributed by atoms with Gasteiger partial charge in [-0.15, -0.1) is 0 Å². The van der Waals surface area contributed by atoms with Crippen molar-refractivity contribution in [1.29, 1.82) is 0 Å². The van der Waals surface area contributed by atoms with Gasteiger partial charge in [0.1, 0.15) is 5.82 Å². The molecule has 0 saturated carbocycles. The number of aromatic nitrogens is 1. The number of nitrogens with one attached hydrogen (secondary N) is 1. The van der Waals surface area contributed by atoms with E-state index in [2.05, 4.69) is 43.8 Å². The number of rotatable bonds is 6. The number of benzene rings is 1. The molecule has 2 amide bonds. The van der Waals surface area contributed by atoms with E-state index in [1.807, 2.05) is 24.3 Å². The number of carbonyl (C=O) groups excluding carboxylic acids is 2. The van der Waals surface area contributed by atoms with Crippen molar-refractivity contribution in [2.24, 2.45) is 11.3 Å². The number of allylic oxidation sites excluding steroid dienone is 2. The molecular formula is C23H26N4O2S. The van der Waals surface area contributed by atoms with Gasteiger partial charge in [-0.05, 0) is 43.1 Å². The van der Waals surface area contributed by atoms with Crippen LogP contribution in [0.15, 0.2) is 48.6 Å². The maximum absolute atomic E-state index is 12.4. The van der Waals surface area contributed by atoms with E-state index in [4.69, 9.17) is 0 Å². The molecule has 5 rings (SSSR count). The Morgan fingerprint density at radius 2 is 1.93 bits per heavy atom. The average molecular weight is 423 g/mol. The van der Waals surface area contributed by atoms with Crippen LogP contribution in [0.5, 0.6) is 0 Å². The summed E-state index contributed by atoms with van der Waals surface area (Å²) in [5, 5.41) is 3.77. The van der Waals surface area contributed by atoms with E-state index in [1.54, 1.807) is 11.5 Å². The maximum Gasteiger partial charge on any atom is 0.237 e. The van der Waals surface area contributed by atoms with Gasteiger partial charge >= 0.3 is 0 Å². The minimum Gasteiger partial charge on any atom is -0.353 e. The quantitative estimate of drug-likeness (QED) is 0.573. The lowest BCUT2D eigenvalue weighted by molar-refractivity contribution is -0.127. The molecule has 1 aliphatic carbocycles. The molecule has 156 valence electrons. The van der Waals surface area contributed by atoms with Crippen molar-refractivity contribution < 1.29 is 9.59 Å². The third-order valence-electron chi connectivity index (χ3n) is 6.65. The second kappa shape index (κ2) is 7.96. The van der Waals surface area contributed by atoms with E-state index in [-0.39, 0.29) is 17.7 Å². The maximum atomic E-state index is 12.4. The Bertz CT molecular complexity index is 1020. The normalized spacial score (nSPS) is 26.4. The Morgan fingerprint density at radius 3 is 2.80 bits per heavy atom. The van der Waals surface area contributed by atoms with Crippen LogP contribution in [0.4, 0.5) is 5.82 Å². The van der Waals surface area contributed by atoms with Gasteiger partial charge < -0.3 is 4.90 Å². The molecule has 2 atom stereocenters. The largest absolute Gasteiger partial charge is 0.353 e. The van der Waals surface area contributed by atoms with Gasteiger partial charge in [-0.25, -0.2) is 0 Å². The summed E-state index contributed by atoms with van der Waals surface area (Å²) < 4.78 is 5.93. The van der Waals surface area contributed by atoms with Gasteiger partial charge in [0.05, 0.1) is 16.0 Å². The molecule has 0 radical (unpaired) electrons. The van der Waals surface area contributed by atoms with Crippen LogP contribution in [0, 0.1) is 11.3 Å². The zero-order valence-electron chi connectivity index (χ0n) is 16.9. The van der Waals surface area contributed by atoms with E-state index in [1.165, 1.54) is 10.1 Å². The highest BCUT2D eigenvalue weighted by atomic mass is 32.1. The molecule has 2 aliphatic heterocycles. The van der Waals surface area contributed by atoms with E-state index < -0.39 is 5.41 Å². The molecule has 3 heterocycles. The molecule has 2 fully saturated rings. The molecule has 3 aliphatic rings. The lowest BCUT2D eigenvalue weighted by Gasteiger charge is -2.35. The van der Waals surface area contributed by atoms with Gasteiger partial charge in [0, 0.05) is 31.6 Å². The van der Waals surface area contributed by atoms with Gasteiger partial charge in [0.15, 0.2) is 0 Å². The fourth-order valence-corrected chi connectivity index (χ4v) is 5.71. The summed E-state index contributed by atoms with van der Waals surface area (Å²) in [6.45, 7) is 5.07. The number of carbonyl (C=O) groups is 2. The zero-order chi connectivity index (χ0) is 20.6. The number of hydrogen-bond acceptors (Lipinski definition) is 6. The summed E-state index contributed by atoms with van der Waals surface area (Å²) in [4.78, 5) is 29.4. The minimum atomic E-state index is -0.670. The molecule has 6 nitrogen and oxygen atoms in total. The Labute approximate surface area is 180 Å². The summed E-state index contributed by atoms with van der Waals surface area (Å²) in [5.41, 5.74) is -0.670. The topological polar surface area (TPSA) is 65.5 Å². The van der Waals surface area contributed by atoms with Crippen LogP contribution in [0.1, 0.15) is 19.3 Å². The van der Waals surface area contributed by atoms with Crippen LogP contribution >= 0.6 is 11.5 Å². The molecular weight excluding hydrogens is 396 g/mol. The van der Waals surface area contributed by atoms with Crippen molar-refractivity contribution in [3.63, 3.8) is 0 Å². The van der Waals surface area contributed by atoms with Gasteiger partial charge in [0.25, 0.3) is 0 Å². The fourth-order valence-electron chi connectivity index (χ4n) is 4.91. The smallest absolute Gasteiger partial charge is 0.237 e. The Hall–Kier alpha value is -2.51. The monoisotopic (exact) mass is 422 g/mol. The Balaban J connectivity index is 1.11. The first-order valence-electron chi connectivity index (χ1n) is 10.7. The molecule has 1 aromatic carbocycles. The highest BCUT2D eigenvalue weighted by Crippen LogP contribution is 2.42. The average Bonchev–Trinajstić information content (AvgIpc) is 3.31. The second-order valence-corrected chi connectivity index (χ2v) is 9.17. The summed E-state index contributed by atoms with van der Waals surface area (Å²) in [6.07, 6.45) is 10.2. The van der Waals surface area contributed by atoms with Crippen molar-refractivity contribution >= 4 is 39.3 Å². The van der Waals surface area contributed by atoms with Crippen LogP contribution in [-0.2, 0) is 9.59 Å². The molecule has 1 N–H and O–H groups in total. The number of amides is 2. The third kappa shape index (κ3) is 3.36. The number of anilines is 1. The SMILES string of the molecule is O=C1NC(=O)C2(CCCCN3CCN(c4nsc5ccccc45)CC3)C=CC=CC12. The summed E-state index contributed by atoms with van der Waals surface area (Å²) in [6, 6.07) is 8.43. The Kier molecular flexibility index (Phi) is 5.16.